The lowest BCUT2D eigenvalue weighted by molar-refractivity contribution is 0.400. The molecule has 0 aliphatic carbocycles. The van der Waals surface area contributed by atoms with Gasteiger partial charge in [0.1, 0.15) is 0 Å². The maximum atomic E-state index is 6.21. The number of hydrogen-bond donors (Lipinski definition) is 1. The van der Waals surface area contributed by atoms with Crippen LogP contribution in [0, 0.1) is 5.92 Å². The minimum Gasteiger partial charge on any atom is -0.327 e. The predicted octanol–water partition coefficient (Wildman–Crippen LogP) is 3.04. The van der Waals surface area contributed by atoms with Gasteiger partial charge in [0, 0.05) is 11.3 Å². The summed E-state index contributed by atoms with van der Waals surface area (Å²) in [6.45, 7) is 4.56. The lowest BCUT2D eigenvalue weighted by Gasteiger charge is -2.22. The number of rotatable bonds is 5. The zero-order valence-electron chi connectivity index (χ0n) is 8.96. The van der Waals surface area contributed by atoms with E-state index in [0.717, 1.165) is 11.2 Å². The molecule has 1 nitrogen and oxygen atoms in total. The first-order valence-electron chi connectivity index (χ1n) is 5.65. The van der Waals surface area contributed by atoms with Crippen LogP contribution in [0.2, 0.25) is 0 Å². The van der Waals surface area contributed by atoms with E-state index >= 15 is 0 Å². The van der Waals surface area contributed by atoms with Crippen LogP contribution in [0.1, 0.15) is 46.0 Å². The highest BCUT2D eigenvalue weighted by Crippen LogP contribution is 2.31. The molecular formula is C11H23NS. The molecule has 0 radical (unpaired) electrons. The molecule has 0 aromatic heterocycles. The highest BCUT2D eigenvalue weighted by molar-refractivity contribution is 8.00. The summed E-state index contributed by atoms with van der Waals surface area (Å²) in [5.74, 6) is 2.19. The molecular weight excluding hydrogens is 178 g/mol. The van der Waals surface area contributed by atoms with E-state index in [9.17, 15) is 0 Å². The third-order valence-corrected chi connectivity index (χ3v) is 4.74. The van der Waals surface area contributed by atoms with Crippen LogP contribution in [0.25, 0.3) is 0 Å². The van der Waals surface area contributed by atoms with Crippen LogP contribution in [0.3, 0.4) is 0 Å². The summed E-state index contributed by atoms with van der Waals surface area (Å²) in [7, 11) is 0. The van der Waals surface area contributed by atoms with Crippen molar-refractivity contribution in [3.05, 3.63) is 0 Å². The summed E-state index contributed by atoms with van der Waals surface area (Å²) in [6, 6.07) is 0.456. The molecule has 13 heavy (non-hydrogen) atoms. The van der Waals surface area contributed by atoms with Gasteiger partial charge in [0.15, 0.2) is 0 Å². The van der Waals surface area contributed by atoms with Gasteiger partial charge in [-0.3, -0.25) is 0 Å². The maximum Gasteiger partial charge on any atom is 0.0199 e. The van der Waals surface area contributed by atoms with Crippen molar-refractivity contribution in [2.75, 3.05) is 5.75 Å². The Kier molecular flexibility index (Phi) is 5.18. The Labute approximate surface area is 86.8 Å². The van der Waals surface area contributed by atoms with Gasteiger partial charge >= 0.3 is 0 Å². The smallest absolute Gasteiger partial charge is 0.0199 e. The molecule has 0 aromatic carbocycles. The maximum absolute atomic E-state index is 6.21. The van der Waals surface area contributed by atoms with Crippen molar-refractivity contribution in [1.82, 2.24) is 0 Å². The molecule has 2 heteroatoms. The molecule has 0 aromatic rings. The average Bonchev–Trinajstić information content (AvgIpc) is 2.66. The zero-order chi connectivity index (χ0) is 9.68. The molecule has 2 unspecified atom stereocenters. The van der Waals surface area contributed by atoms with Crippen molar-refractivity contribution >= 4 is 11.8 Å². The normalized spacial score (nSPS) is 25.4. The lowest BCUT2D eigenvalue weighted by atomic mass is 9.93. The van der Waals surface area contributed by atoms with E-state index < -0.39 is 0 Å². The Bertz CT molecular complexity index is 128. The highest BCUT2D eigenvalue weighted by Gasteiger charge is 2.23. The second-order valence-electron chi connectivity index (χ2n) is 4.13. The molecule has 0 spiro atoms. The number of thioether (sulfide) groups is 1. The van der Waals surface area contributed by atoms with Crippen molar-refractivity contribution < 1.29 is 0 Å². The zero-order valence-corrected chi connectivity index (χ0v) is 9.78. The standard InChI is InChI=1S/C11H23NS/c1-3-9(4-2)8-10(12)11-6-5-7-13-11/h9-11H,3-8,12H2,1-2H3. The fourth-order valence-corrected chi connectivity index (χ4v) is 3.43. The summed E-state index contributed by atoms with van der Waals surface area (Å²) in [5.41, 5.74) is 6.21. The van der Waals surface area contributed by atoms with Crippen LogP contribution >= 0.6 is 11.8 Å². The third kappa shape index (κ3) is 3.51. The molecule has 1 fully saturated rings. The minimum absolute atomic E-state index is 0.456. The van der Waals surface area contributed by atoms with E-state index in [1.807, 2.05) is 0 Å². The van der Waals surface area contributed by atoms with Crippen LogP contribution in [0.4, 0.5) is 0 Å². The summed E-state index contributed by atoms with van der Waals surface area (Å²) < 4.78 is 0. The SMILES string of the molecule is CCC(CC)CC(N)C1CCCS1. The lowest BCUT2D eigenvalue weighted by Crippen LogP contribution is -2.32. The van der Waals surface area contributed by atoms with Crippen molar-refractivity contribution in [2.24, 2.45) is 11.7 Å². The van der Waals surface area contributed by atoms with E-state index in [1.165, 1.54) is 37.9 Å². The van der Waals surface area contributed by atoms with Gasteiger partial charge in [-0.25, -0.2) is 0 Å². The summed E-state index contributed by atoms with van der Waals surface area (Å²) >= 11 is 2.09. The topological polar surface area (TPSA) is 26.0 Å². The Morgan fingerprint density at radius 3 is 2.54 bits per heavy atom. The summed E-state index contributed by atoms with van der Waals surface area (Å²) in [6.07, 6.45) is 6.56. The van der Waals surface area contributed by atoms with Crippen molar-refractivity contribution in [3.63, 3.8) is 0 Å². The fourth-order valence-electron chi connectivity index (χ4n) is 2.10. The van der Waals surface area contributed by atoms with Gasteiger partial charge in [-0.15, -0.1) is 0 Å². The quantitative estimate of drug-likeness (QED) is 0.740. The third-order valence-electron chi connectivity index (χ3n) is 3.20. The average molecular weight is 201 g/mol. The van der Waals surface area contributed by atoms with Gasteiger partial charge in [0.25, 0.3) is 0 Å². The molecule has 0 bridgehead atoms. The Morgan fingerprint density at radius 2 is 2.08 bits per heavy atom. The Balaban J connectivity index is 2.25. The van der Waals surface area contributed by atoms with E-state index in [-0.39, 0.29) is 0 Å². The summed E-state index contributed by atoms with van der Waals surface area (Å²) in [4.78, 5) is 0. The monoisotopic (exact) mass is 201 g/mol. The minimum atomic E-state index is 0.456. The Morgan fingerprint density at radius 1 is 1.38 bits per heavy atom. The van der Waals surface area contributed by atoms with Gasteiger partial charge in [0.05, 0.1) is 0 Å². The van der Waals surface area contributed by atoms with Crippen LogP contribution in [-0.2, 0) is 0 Å². The molecule has 1 aliphatic rings. The molecule has 1 rings (SSSR count). The van der Waals surface area contributed by atoms with Gasteiger partial charge in [-0.2, -0.15) is 11.8 Å². The van der Waals surface area contributed by atoms with Crippen LogP contribution < -0.4 is 5.73 Å². The first kappa shape index (κ1) is 11.4. The molecule has 2 atom stereocenters. The van der Waals surface area contributed by atoms with Gasteiger partial charge in [0.2, 0.25) is 0 Å². The van der Waals surface area contributed by atoms with Crippen molar-refractivity contribution in [1.29, 1.82) is 0 Å². The van der Waals surface area contributed by atoms with Gasteiger partial charge in [-0.05, 0) is 30.9 Å². The fraction of sp³-hybridized carbons (Fsp3) is 1.00. The summed E-state index contributed by atoms with van der Waals surface area (Å²) in [5, 5.41) is 0.764. The van der Waals surface area contributed by atoms with E-state index in [1.54, 1.807) is 0 Å². The largest absolute Gasteiger partial charge is 0.327 e. The van der Waals surface area contributed by atoms with Crippen LogP contribution in [-0.4, -0.2) is 17.0 Å². The number of hydrogen-bond acceptors (Lipinski definition) is 2. The van der Waals surface area contributed by atoms with Gasteiger partial charge < -0.3 is 5.73 Å². The molecule has 1 saturated heterocycles. The number of nitrogens with two attached hydrogens (primary N) is 1. The van der Waals surface area contributed by atoms with E-state index in [0.29, 0.717) is 6.04 Å². The van der Waals surface area contributed by atoms with Crippen LogP contribution in [0.5, 0.6) is 0 Å². The molecule has 78 valence electrons. The second kappa shape index (κ2) is 5.92. The predicted molar refractivity (Wildman–Crippen MR) is 62.1 cm³/mol. The Hall–Kier alpha value is 0.310. The van der Waals surface area contributed by atoms with E-state index in [2.05, 4.69) is 25.6 Å². The second-order valence-corrected chi connectivity index (χ2v) is 5.48. The highest BCUT2D eigenvalue weighted by atomic mass is 32.2. The first-order valence-corrected chi connectivity index (χ1v) is 6.70. The van der Waals surface area contributed by atoms with Crippen molar-refractivity contribution in [2.45, 2.75) is 57.2 Å². The molecule has 2 N–H and O–H groups in total. The molecule has 1 aliphatic heterocycles. The molecule has 0 amide bonds. The first-order chi connectivity index (χ1) is 6.27. The molecule has 0 saturated carbocycles. The van der Waals surface area contributed by atoms with Crippen LogP contribution in [0.15, 0.2) is 0 Å². The molecule has 1 heterocycles. The van der Waals surface area contributed by atoms with Gasteiger partial charge in [-0.1, -0.05) is 26.7 Å². The van der Waals surface area contributed by atoms with E-state index in [4.69, 9.17) is 5.73 Å². The van der Waals surface area contributed by atoms with Crippen molar-refractivity contribution in [3.8, 4) is 0 Å².